The Bertz CT molecular complexity index is 867. The number of rotatable bonds is 2. The largest absolute Gasteiger partial charge is 0.370 e. The number of hydrogen-bond acceptors (Lipinski definition) is 7. The van der Waals surface area contributed by atoms with Crippen LogP contribution < -0.4 is 4.90 Å². The Morgan fingerprint density at radius 2 is 2.04 bits per heavy atom. The first kappa shape index (κ1) is 13.6. The van der Waals surface area contributed by atoms with Crippen LogP contribution in [0.25, 0.3) is 5.65 Å². The van der Waals surface area contributed by atoms with Crippen LogP contribution in [0.2, 0.25) is 0 Å². The lowest BCUT2D eigenvalue weighted by molar-refractivity contribution is 0.0394. The highest BCUT2D eigenvalue weighted by molar-refractivity contribution is 5.45. The van der Waals surface area contributed by atoms with Crippen LogP contribution in [0, 0.1) is 11.3 Å². The number of aromatic nitrogens is 5. The van der Waals surface area contributed by atoms with Crippen molar-refractivity contribution in [2.24, 2.45) is 0 Å². The first-order chi connectivity index (χ1) is 11.3. The van der Waals surface area contributed by atoms with E-state index in [1.807, 2.05) is 36.4 Å². The van der Waals surface area contributed by atoms with Gasteiger partial charge in [0.15, 0.2) is 11.5 Å². The van der Waals surface area contributed by atoms with Crippen molar-refractivity contribution in [2.45, 2.75) is 6.10 Å². The van der Waals surface area contributed by atoms with Gasteiger partial charge in [0.05, 0.1) is 18.2 Å². The van der Waals surface area contributed by atoms with E-state index in [-0.39, 0.29) is 6.10 Å². The molecule has 0 spiro atoms. The Morgan fingerprint density at radius 1 is 1.17 bits per heavy atom. The fourth-order valence-corrected chi connectivity index (χ4v) is 2.64. The number of hydrogen-bond donors (Lipinski definition) is 0. The van der Waals surface area contributed by atoms with E-state index in [1.54, 1.807) is 0 Å². The quantitative estimate of drug-likeness (QED) is 0.696. The Kier molecular flexibility index (Phi) is 3.33. The van der Waals surface area contributed by atoms with Crippen LogP contribution in [0.3, 0.4) is 0 Å². The molecule has 8 nitrogen and oxygen atoms in total. The van der Waals surface area contributed by atoms with Gasteiger partial charge in [-0.3, -0.25) is 0 Å². The molecule has 1 unspecified atom stereocenters. The van der Waals surface area contributed by atoms with Crippen molar-refractivity contribution in [3.63, 3.8) is 0 Å². The summed E-state index contributed by atoms with van der Waals surface area (Å²) in [5, 5.41) is 24.6. The van der Waals surface area contributed by atoms with Gasteiger partial charge in [-0.15, -0.1) is 14.8 Å². The average molecular weight is 307 g/mol. The second kappa shape index (κ2) is 5.62. The highest BCUT2D eigenvalue weighted by Crippen LogP contribution is 2.25. The predicted octanol–water partition coefficient (Wildman–Crippen LogP) is 0.969. The molecule has 0 aliphatic carbocycles. The van der Waals surface area contributed by atoms with Crippen LogP contribution in [0.15, 0.2) is 36.4 Å². The van der Waals surface area contributed by atoms with E-state index in [1.165, 1.54) is 4.63 Å². The van der Waals surface area contributed by atoms with E-state index in [4.69, 9.17) is 10.00 Å². The molecule has 3 heterocycles. The number of fused-ring (bicyclic) bond motifs is 1. The second-order valence-electron chi connectivity index (χ2n) is 5.26. The number of nitriles is 1. The molecule has 2 aromatic heterocycles. The van der Waals surface area contributed by atoms with Crippen molar-refractivity contribution in [3.8, 4) is 6.07 Å². The van der Waals surface area contributed by atoms with E-state index < -0.39 is 0 Å². The molecule has 1 aliphatic rings. The maximum Gasteiger partial charge on any atom is 0.200 e. The van der Waals surface area contributed by atoms with Gasteiger partial charge in [-0.2, -0.15) is 5.26 Å². The van der Waals surface area contributed by atoms with E-state index in [0.29, 0.717) is 24.4 Å². The average Bonchev–Trinajstić information content (AvgIpc) is 3.09. The van der Waals surface area contributed by atoms with E-state index >= 15 is 0 Å². The zero-order chi connectivity index (χ0) is 15.6. The Morgan fingerprint density at radius 3 is 2.87 bits per heavy atom. The molecule has 1 saturated heterocycles. The van der Waals surface area contributed by atoms with Gasteiger partial charge in [-0.25, -0.2) is 0 Å². The molecule has 114 valence electrons. The normalized spacial score (nSPS) is 18.0. The highest BCUT2D eigenvalue weighted by Gasteiger charge is 2.23. The lowest BCUT2D eigenvalue weighted by Gasteiger charge is -2.33. The van der Waals surface area contributed by atoms with Gasteiger partial charge < -0.3 is 9.64 Å². The Hall–Kier alpha value is -3.05. The standard InChI is InChI=1S/C15H13N7O/c16-9-11-1-3-12(4-2-11)13-10-21(7-8-23-13)15-6-5-14-17-19-20-22(14)18-15/h1-6,13H,7-8,10H2. The zero-order valence-electron chi connectivity index (χ0n) is 12.2. The fraction of sp³-hybridized carbons (Fsp3) is 0.267. The number of benzene rings is 1. The van der Waals surface area contributed by atoms with Gasteiger partial charge in [-0.05, 0) is 40.3 Å². The van der Waals surface area contributed by atoms with Gasteiger partial charge in [0.2, 0.25) is 0 Å². The molecule has 23 heavy (non-hydrogen) atoms. The summed E-state index contributed by atoms with van der Waals surface area (Å²) in [6.45, 7) is 2.06. The summed E-state index contributed by atoms with van der Waals surface area (Å²) in [6.07, 6.45) is -0.0529. The summed E-state index contributed by atoms with van der Waals surface area (Å²) < 4.78 is 7.28. The molecule has 1 fully saturated rings. The van der Waals surface area contributed by atoms with Crippen LogP contribution in [-0.2, 0) is 4.74 Å². The molecule has 3 aromatic rings. The monoisotopic (exact) mass is 307 g/mol. The van der Waals surface area contributed by atoms with Gasteiger partial charge >= 0.3 is 0 Å². The zero-order valence-corrected chi connectivity index (χ0v) is 12.2. The number of tetrazole rings is 1. The lowest BCUT2D eigenvalue weighted by atomic mass is 10.1. The topological polar surface area (TPSA) is 92.2 Å². The molecule has 0 amide bonds. The fourth-order valence-electron chi connectivity index (χ4n) is 2.64. The van der Waals surface area contributed by atoms with Crippen LogP contribution >= 0.6 is 0 Å². The highest BCUT2D eigenvalue weighted by atomic mass is 16.5. The van der Waals surface area contributed by atoms with Gasteiger partial charge in [0, 0.05) is 13.1 Å². The summed E-state index contributed by atoms with van der Waals surface area (Å²) in [5.41, 5.74) is 2.31. The third-order valence-corrected chi connectivity index (χ3v) is 3.86. The summed E-state index contributed by atoms with van der Waals surface area (Å²) in [7, 11) is 0. The maximum atomic E-state index is 8.88. The van der Waals surface area contributed by atoms with Crippen LogP contribution in [0.4, 0.5) is 5.82 Å². The number of anilines is 1. The molecule has 1 aliphatic heterocycles. The maximum absolute atomic E-state index is 8.88. The first-order valence-electron chi connectivity index (χ1n) is 7.25. The van der Waals surface area contributed by atoms with Crippen molar-refractivity contribution in [3.05, 3.63) is 47.5 Å². The van der Waals surface area contributed by atoms with Crippen LogP contribution in [0.5, 0.6) is 0 Å². The number of nitrogens with zero attached hydrogens (tertiary/aromatic N) is 7. The van der Waals surface area contributed by atoms with Crippen molar-refractivity contribution >= 4 is 11.5 Å². The van der Waals surface area contributed by atoms with Crippen molar-refractivity contribution in [1.29, 1.82) is 5.26 Å². The Labute approximate surface area is 131 Å². The number of ether oxygens (including phenoxy) is 1. The van der Waals surface area contributed by atoms with Crippen molar-refractivity contribution in [2.75, 3.05) is 24.6 Å². The molecular formula is C15H13N7O. The minimum Gasteiger partial charge on any atom is -0.370 e. The van der Waals surface area contributed by atoms with E-state index in [9.17, 15) is 0 Å². The Balaban J connectivity index is 1.57. The summed E-state index contributed by atoms with van der Waals surface area (Å²) in [4.78, 5) is 2.15. The number of morpholine rings is 1. The van der Waals surface area contributed by atoms with Gasteiger partial charge in [0.1, 0.15) is 6.10 Å². The lowest BCUT2D eigenvalue weighted by Crippen LogP contribution is -2.39. The minimum absolute atomic E-state index is 0.0529. The van der Waals surface area contributed by atoms with Gasteiger partial charge in [-0.1, -0.05) is 12.1 Å². The van der Waals surface area contributed by atoms with Crippen molar-refractivity contribution < 1.29 is 4.74 Å². The molecule has 0 N–H and O–H groups in total. The minimum atomic E-state index is -0.0529. The molecule has 1 atom stereocenters. The third kappa shape index (κ3) is 2.58. The first-order valence-corrected chi connectivity index (χ1v) is 7.25. The van der Waals surface area contributed by atoms with E-state index in [0.717, 1.165) is 17.9 Å². The SMILES string of the molecule is N#Cc1ccc(C2CN(c3ccc4nnnn4n3)CCO2)cc1. The molecular weight excluding hydrogens is 294 g/mol. The molecule has 4 rings (SSSR count). The molecule has 0 radical (unpaired) electrons. The van der Waals surface area contributed by atoms with E-state index in [2.05, 4.69) is 31.6 Å². The predicted molar refractivity (Wildman–Crippen MR) is 80.6 cm³/mol. The summed E-state index contributed by atoms with van der Waals surface area (Å²) in [6, 6.07) is 13.4. The smallest absolute Gasteiger partial charge is 0.200 e. The second-order valence-corrected chi connectivity index (χ2v) is 5.26. The van der Waals surface area contributed by atoms with Crippen LogP contribution in [-0.4, -0.2) is 45.0 Å². The third-order valence-electron chi connectivity index (χ3n) is 3.86. The molecule has 0 saturated carbocycles. The van der Waals surface area contributed by atoms with Gasteiger partial charge in [0.25, 0.3) is 0 Å². The molecule has 1 aromatic carbocycles. The summed E-state index contributed by atoms with van der Waals surface area (Å²) >= 11 is 0. The molecule has 8 heteroatoms. The van der Waals surface area contributed by atoms with Crippen molar-refractivity contribution in [1.82, 2.24) is 25.3 Å². The molecule has 0 bridgehead atoms. The summed E-state index contributed by atoms with van der Waals surface area (Å²) in [5.74, 6) is 0.812. The van der Waals surface area contributed by atoms with Crippen LogP contribution in [0.1, 0.15) is 17.2 Å².